The molecule has 0 saturated heterocycles. The molecule has 0 amide bonds. The summed E-state index contributed by atoms with van der Waals surface area (Å²) in [5, 5.41) is 8.82. The third-order valence-corrected chi connectivity index (χ3v) is 0.908. The van der Waals surface area contributed by atoms with Gasteiger partial charge in [-0.15, -0.1) is 0 Å². The SMILES string of the molecule is CC(O)OC(C)OC(C)(C)C. The van der Waals surface area contributed by atoms with Crippen molar-refractivity contribution in [1.82, 2.24) is 0 Å². The number of aliphatic hydroxyl groups is 1. The van der Waals surface area contributed by atoms with Gasteiger partial charge in [0, 0.05) is 0 Å². The third-order valence-electron chi connectivity index (χ3n) is 0.908. The molecule has 2 unspecified atom stereocenters. The summed E-state index contributed by atoms with van der Waals surface area (Å²) in [6.45, 7) is 9.14. The lowest BCUT2D eigenvalue weighted by Crippen LogP contribution is -2.29. The molecule has 0 aromatic heterocycles. The Bertz CT molecular complexity index is 104. The zero-order chi connectivity index (χ0) is 9.07. The minimum Gasteiger partial charge on any atom is -0.368 e. The summed E-state index contributed by atoms with van der Waals surface area (Å²) in [6.07, 6.45) is -1.14. The molecule has 1 N–H and O–H groups in total. The molecular formula is C8H18O3. The highest BCUT2D eigenvalue weighted by molar-refractivity contribution is 4.58. The van der Waals surface area contributed by atoms with Crippen LogP contribution in [-0.2, 0) is 9.47 Å². The Hall–Kier alpha value is -0.120. The zero-order valence-corrected chi connectivity index (χ0v) is 7.92. The van der Waals surface area contributed by atoms with Gasteiger partial charge in [0.25, 0.3) is 0 Å². The molecule has 68 valence electrons. The molecule has 0 aliphatic carbocycles. The van der Waals surface area contributed by atoms with E-state index in [0.29, 0.717) is 0 Å². The van der Waals surface area contributed by atoms with Crippen LogP contribution in [-0.4, -0.2) is 23.3 Å². The van der Waals surface area contributed by atoms with Crippen molar-refractivity contribution in [3.63, 3.8) is 0 Å². The molecule has 0 aliphatic rings. The highest BCUT2D eigenvalue weighted by Gasteiger charge is 2.16. The largest absolute Gasteiger partial charge is 0.368 e. The van der Waals surface area contributed by atoms with Gasteiger partial charge in [-0.25, -0.2) is 0 Å². The second-order valence-electron chi connectivity index (χ2n) is 3.53. The molecule has 0 heterocycles. The maximum absolute atomic E-state index is 8.82. The van der Waals surface area contributed by atoms with Gasteiger partial charge in [0.15, 0.2) is 12.6 Å². The Morgan fingerprint density at radius 2 is 1.64 bits per heavy atom. The molecule has 0 bridgehead atoms. The van der Waals surface area contributed by atoms with E-state index in [2.05, 4.69) is 0 Å². The van der Waals surface area contributed by atoms with Crippen molar-refractivity contribution < 1.29 is 14.6 Å². The molecule has 0 spiro atoms. The van der Waals surface area contributed by atoms with Crippen LogP contribution in [0.3, 0.4) is 0 Å². The normalized spacial score (nSPS) is 18.0. The van der Waals surface area contributed by atoms with E-state index >= 15 is 0 Å². The first-order chi connectivity index (χ1) is 4.81. The maximum Gasteiger partial charge on any atom is 0.158 e. The van der Waals surface area contributed by atoms with Gasteiger partial charge in [0.2, 0.25) is 0 Å². The topological polar surface area (TPSA) is 38.7 Å². The fourth-order valence-electron chi connectivity index (χ4n) is 0.803. The van der Waals surface area contributed by atoms with Crippen molar-refractivity contribution in [2.24, 2.45) is 0 Å². The highest BCUT2D eigenvalue weighted by Crippen LogP contribution is 2.11. The predicted octanol–water partition coefficient (Wildman–Crippen LogP) is 1.50. The standard InChI is InChI=1S/C8H18O3/c1-6(9)10-7(2)11-8(3,4)5/h6-7,9H,1-5H3. The summed E-state index contributed by atoms with van der Waals surface area (Å²) >= 11 is 0. The molecule has 0 aliphatic heterocycles. The van der Waals surface area contributed by atoms with E-state index in [-0.39, 0.29) is 11.9 Å². The molecule has 0 fully saturated rings. The maximum atomic E-state index is 8.82. The summed E-state index contributed by atoms with van der Waals surface area (Å²) in [6, 6.07) is 0. The van der Waals surface area contributed by atoms with Crippen LogP contribution in [0.4, 0.5) is 0 Å². The monoisotopic (exact) mass is 162 g/mol. The second-order valence-corrected chi connectivity index (χ2v) is 3.53. The lowest BCUT2D eigenvalue weighted by Gasteiger charge is -2.25. The lowest BCUT2D eigenvalue weighted by atomic mass is 10.2. The lowest BCUT2D eigenvalue weighted by molar-refractivity contribution is -0.244. The van der Waals surface area contributed by atoms with E-state index in [0.717, 1.165) is 0 Å². The summed E-state index contributed by atoms with van der Waals surface area (Å²) in [5.41, 5.74) is -0.228. The van der Waals surface area contributed by atoms with Crippen molar-refractivity contribution >= 4 is 0 Å². The van der Waals surface area contributed by atoms with Gasteiger partial charge in [-0.05, 0) is 34.6 Å². The first-order valence-electron chi connectivity index (χ1n) is 3.82. The number of aliphatic hydroxyl groups excluding tert-OH is 1. The Kier molecular flexibility index (Phi) is 4.00. The van der Waals surface area contributed by atoms with E-state index in [9.17, 15) is 0 Å². The van der Waals surface area contributed by atoms with Crippen LogP contribution in [0.1, 0.15) is 34.6 Å². The van der Waals surface area contributed by atoms with Crippen molar-refractivity contribution in [3.8, 4) is 0 Å². The van der Waals surface area contributed by atoms with Crippen molar-refractivity contribution in [2.75, 3.05) is 0 Å². The summed E-state index contributed by atoms with van der Waals surface area (Å²) in [5.74, 6) is 0. The molecule has 3 nitrogen and oxygen atoms in total. The van der Waals surface area contributed by atoms with Gasteiger partial charge in [0.1, 0.15) is 0 Å². The van der Waals surface area contributed by atoms with Gasteiger partial charge in [-0.2, -0.15) is 0 Å². The molecule has 3 heteroatoms. The molecule has 0 rings (SSSR count). The number of rotatable bonds is 3. The molecule has 0 aromatic carbocycles. The van der Waals surface area contributed by atoms with Crippen LogP contribution in [0, 0.1) is 0 Å². The third kappa shape index (κ3) is 7.78. The molecule has 0 radical (unpaired) electrons. The van der Waals surface area contributed by atoms with Gasteiger partial charge < -0.3 is 14.6 Å². The average molecular weight is 162 g/mol. The summed E-state index contributed by atoms with van der Waals surface area (Å²) in [4.78, 5) is 0. The number of hydrogen-bond donors (Lipinski definition) is 1. The summed E-state index contributed by atoms with van der Waals surface area (Å²) in [7, 11) is 0. The Morgan fingerprint density at radius 3 is 1.91 bits per heavy atom. The van der Waals surface area contributed by atoms with Gasteiger partial charge in [-0.3, -0.25) is 0 Å². The molecular weight excluding hydrogens is 144 g/mol. The molecule has 0 aromatic rings. The average Bonchev–Trinajstić information content (AvgIpc) is 1.53. The Labute approximate surface area is 68.3 Å². The van der Waals surface area contributed by atoms with Gasteiger partial charge in [-0.1, -0.05) is 0 Å². The fraction of sp³-hybridized carbons (Fsp3) is 1.00. The van der Waals surface area contributed by atoms with E-state index in [1.807, 2.05) is 20.8 Å². The number of hydrogen-bond acceptors (Lipinski definition) is 3. The van der Waals surface area contributed by atoms with Crippen molar-refractivity contribution in [3.05, 3.63) is 0 Å². The second kappa shape index (κ2) is 4.04. The molecule has 11 heavy (non-hydrogen) atoms. The van der Waals surface area contributed by atoms with Gasteiger partial charge in [0.05, 0.1) is 5.60 Å². The predicted molar refractivity (Wildman–Crippen MR) is 43.1 cm³/mol. The molecule has 0 saturated carbocycles. The van der Waals surface area contributed by atoms with Crippen LogP contribution in [0.15, 0.2) is 0 Å². The first-order valence-corrected chi connectivity index (χ1v) is 3.82. The zero-order valence-electron chi connectivity index (χ0n) is 7.92. The highest BCUT2D eigenvalue weighted by atomic mass is 16.7. The van der Waals surface area contributed by atoms with Crippen LogP contribution in [0.25, 0.3) is 0 Å². The smallest absolute Gasteiger partial charge is 0.158 e. The first kappa shape index (κ1) is 10.9. The van der Waals surface area contributed by atoms with Crippen molar-refractivity contribution in [2.45, 2.75) is 52.8 Å². The summed E-state index contributed by atoms with van der Waals surface area (Å²) < 4.78 is 10.3. The van der Waals surface area contributed by atoms with Gasteiger partial charge >= 0.3 is 0 Å². The van der Waals surface area contributed by atoms with Crippen LogP contribution >= 0.6 is 0 Å². The minimum atomic E-state index is -0.771. The fourth-order valence-corrected chi connectivity index (χ4v) is 0.803. The van der Waals surface area contributed by atoms with Crippen LogP contribution < -0.4 is 0 Å². The van der Waals surface area contributed by atoms with E-state index in [1.54, 1.807) is 13.8 Å². The minimum absolute atomic E-state index is 0.228. The van der Waals surface area contributed by atoms with E-state index in [4.69, 9.17) is 14.6 Å². The quantitative estimate of drug-likeness (QED) is 0.639. The van der Waals surface area contributed by atoms with Crippen LogP contribution in [0.5, 0.6) is 0 Å². The van der Waals surface area contributed by atoms with Crippen molar-refractivity contribution in [1.29, 1.82) is 0 Å². The Balaban J connectivity index is 3.61. The Morgan fingerprint density at radius 1 is 1.18 bits per heavy atom. The van der Waals surface area contributed by atoms with Crippen LogP contribution in [0.2, 0.25) is 0 Å². The van der Waals surface area contributed by atoms with E-state index < -0.39 is 6.29 Å². The number of ether oxygens (including phenoxy) is 2. The molecule has 2 atom stereocenters. The van der Waals surface area contributed by atoms with E-state index in [1.165, 1.54) is 0 Å².